The first-order valence-electron chi connectivity index (χ1n) is 16.2. The molecule has 2 bridgehead atoms. The molecule has 0 saturated heterocycles. The molecule has 0 aliphatic heterocycles. The van der Waals surface area contributed by atoms with Crippen LogP contribution < -0.4 is 9.47 Å². The van der Waals surface area contributed by atoms with Gasteiger partial charge in [0, 0.05) is 46.6 Å². The molecule has 246 valence electrons. The highest BCUT2D eigenvalue weighted by molar-refractivity contribution is 5.72. The third kappa shape index (κ3) is 4.74. The fourth-order valence-electron chi connectivity index (χ4n) is 7.24. The quantitative estimate of drug-likeness (QED) is 0.128. The van der Waals surface area contributed by atoms with Gasteiger partial charge in [-0.15, -0.1) is 0 Å². The Labute approximate surface area is 284 Å². The van der Waals surface area contributed by atoms with Gasteiger partial charge in [-0.05, 0) is 78.7 Å². The molecule has 3 aliphatic carbocycles. The van der Waals surface area contributed by atoms with Crippen molar-refractivity contribution in [3.63, 3.8) is 0 Å². The minimum absolute atomic E-state index is 0.0550. The number of rotatable bonds is 7. The third-order valence-corrected chi connectivity index (χ3v) is 10.1. The lowest BCUT2D eigenvalue weighted by Gasteiger charge is -2.31. The van der Waals surface area contributed by atoms with Gasteiger partial charge in [-0.2, -0.15) is 0 Å². The van der Waals surface area contributed by atoms with E-state index in [-0.39, 0.29) is 28.9 Å². The van der Waals surface area contributed by atoms with Crippen molar-refractivity contribution < 1.29 is 29.9 Å². The molecule has 8 heteroatoms. The first-order valence-corrected chi connectivity index (χ1v) is 16.2. The second-order valence-corrected chi connectivity index (χ2v) is 13.4. The lowest BCUT2D eigenvalue weighted by Crippen LogP contribution is -2.18. The summed E-state index contributed by atoms with van der Waals surface area (Å²) < 4.78 is 14.9. The highest BCUT2D eigenvalue weighted by atomic mass is 16.5. The van der Waals surface area contributed by atoms with Crippen LogP contribution in [-0.2, 0) is 12.5 Å². The Kier molecular flexibility index (Phi) is 6.82. The normalized spacial score (nSPS) is 16.0. The number of nitrogens with zero attached hydrogens (tertiary/aromatic N) is 2. The zero-order chi connectivity index (χ0) is 34.2. The maximum atomic E-state index is 11.4. The first-order chi connectivity index (χ1) is 23.5. The van der Waals surface area contributed by atoms with E-state index in [0.29, 0.717) is 39.4 Å². The number of aromatic hydroxyl groups is 4. The molecular weight excluding hydrogens is 616 g/mol. The predicted octanol–water partition coefficient (Wildman–Crippen LogP) is 9.00. The van der Waals surface area contributed by atoms with Crippen molar-refractivity contribution in [2.45, 2.75) is 38.0 Å². The van der Waals surface area contributed by atoms with Gasteiger partial charge in [-0.3, -0.25) is 9.13 Å². The van der Waals surface area contributed by atoms with Crippen LogP contribution >= 0.6 is 0 Å². The molecule has 2 heterocycles. The summed E-state index contributed by atoms with van der Waals surface area (Å²) in [7, 11) is 1.58. The van der Waals surface area contributed by atoms with Crippen LogP contribution in [0.4, 0.5) is 0 Å². The summed E-state index contributed by atoms with van der Waals surface area (Å²) in [6, 6.07) is 31.3. The molecule has 0 fully saturated rings. The summed E-state index contributed by atoms with van der Waals surface area (Å²) in [5.74, 6) is 1.54. The summed E-state index contributed by atoms with van der Waals surface area (Å²) >= 11 is 0. The Bertz CT molecular complexity index is 2180. The maximum Gasteiger partial charge on any atom is 0.203 e. The number of aryl methyl sites for hydroxylation is 1. The molecular formula is C41H36N2O6. The van der Waals surface area contributed by atoms with Crippen LogP contribution in [0, 0.1) is 6.92 Å². The predicted molar refractivity (Wildman–Crippen MR) is 187 cm³/mol. The molecule has 4 aromatic carbocycles. The van der Waals surface area contributed by atoms with Gasteiger partial charge in [0.2, 0.25) is 11.8 Å². The van der Waals surface area contributed by atoms with Crippen LogP contribution in [0.15, 0.2) is 109 Å². The van der Waals surface area contributed by atoms with Crippen LogP contribution in [0.3, 0.4) is 0 Å². The zero-order valence-electron chi connectivity index (χ0n) is 27.5. The van der Waals surface area contributed by atoms with E-state index in [9.17, 15) is 20.4 Å². The minimum Gasteiger partial charge on any atom is -0.494 e. The van der Waals surface area contributed by atoms with Gasteiger partial charge in [-0.25, -0.2) is 0 Å². The van der Waals surface area contributed by atoms with Crippen LogP contribution in [0.25, 0.3) is 5.69 Å². The molecule has 2 unspecified atom stereocenters. The molecule has 2 atom stereocenters. The summed E-state index contributed by atoms with van der Waals surface area (Å²) in [5, 5.41) is 44.2. The van der Waals surface area contributed by atoms with Crippen LogP contribution in [0.1, 0.15) is 64.6 Å². The molecule has 0 radical (unpaired) electrons. The average molecular weight is 653 g/mol. The van der Waals surface area contributed by atoms with Crippen molar-refractivity contribution in [3.8, 4) is 52.2 Å². The van der Waals surface area contributed by atoms with E-state index in [1.165, 1.54) is 14.7 Å². The van der Waals surface area contributed by atoms with Crippen LogP contribution in [0.5, 0.6) is 46.5 Å². The Hall–Kier alpha value is -6.02. The van der Waals surface area contributed by atoms with E-state index in [1.54, 1.807) is 31.3 Å². The van der Waals surface area contributed by atoms with Crippen molar-refractivity contribution in [1.29, 1.82) is 0 Å². The Morgan fingerprint density at radius 1 is 0.510 bits per heavy atom. The number of benzene rings is 4. The van der Waals surface area contributed by atoms with E-state index in [0.717, 1.165) is 22.6 Å². The van der Waals surface area contributed by atoms with Crippen molar-refractivity contribution in [2.24, 2.45) is 7.05 Å². The fraction of sp³-hybridized carbons (Fsp3) is 0.171. The Morgan fingerprint density at radius 2 is 0.857 bits per heavy atom. The fourth-order valence-corrected chi connectivity index (χ4v) is 7.24. The Morgan fingerprint density at radius 3 is 1.27 bits per heavy atom. The van der Waals surface area contributed by atoms with Crippen molar-refractivity contribution in [3.05, 3.63) is 148 Å². The largest absolute Gasteiger partial charge is 0.494 e. The van der Waals surface area contributed by atoms with Gasteiger partial charge >= 0.3 is 0 Å². The minimum atomic E-state index is -0.498. The summed E-state index contributed by atoms with van der Waals surface area (Å²) in [6.45, 7) is 6.43. The molecule has 4 N–H and O–H groups in total. The lowest BCUT2D eigenvalue weighted by molar-refractivity contribution is 0.383. The van der Waals surface area contributed by atoms with E-state index < -0.39 is 11.8 Å². The van der Waals surface area contributed by atoms with Crippen LogP contribution in [-0.4, -0.2) is 29.6 Å². The third-order valence-electron chi connectivity index (χ3n) is 10.1. The molecule has 3 aliphatic rings. The number of hydrogen-bond acceptors (Lipinski definition) is 6. The van der Waals surface area contributed by atoms with Gasteiger partial charge in [0.25, 0.3) is 0 Å². The highest BCUT2D eigenvalue weighted by Gasteiger charge is 2.46. The van der Waals surface area contributed by atoms with Gasteiger partial charge in [0.1, 0.15) is 23.0 Å². The summed E-state index contributed by atoms with van der Waals surface area (Å²) in [5.41, 5.74) is 5.92. The van der Waals surface area contributed by atoms with Crippen LogP contribution in [0.2, 0.25) is 0 Å². The topological polar surface area (TPSA) is 109 Å². The molecule has 8 nitrogen and oxygen atoms in total. The van der Waals surface area contributed by atoms with Gasteiger partial charge in [0.15, 0.2) is 11.8 Å². The number of ether oxygens (including phenoxy) is 2. The smallest absolute Gasteiger partial charge is 0.203 e. The standard InChI is InChI=1S/C41H36N2O6/c1-23-5-13-27(14-6-23)48-28-15-7-24(8-16-28)41(2,3)25-9-17-29(18-10-25)49-30-19-11-26(12-20-30)43-39(46)35-31-21-22-32(36(35)40(43)47)34-33(31)37(44)42(4)38(34)45/h5-22,31-32,44-47H,1-4H3. The monoisotopic (exact) mass is 652 g/mol. The molecule has 2 aromatic heterocycles. The van der Waals surface area contributed by atoms with Gasteiger partial charge < -0.3 is 29.9 Å². The van der Waals surface area contributed by atoms with E-state index in [1.807, 2.05) is 60.7 Å². The molecule has 6 aromatic rings. The molecule has 0 amide bonds. The van der Waals surface area contributed by atoms with E-state index in [4.69, 9.17) is 9.47 Å². The van der Waals surface area contributed by atoms with E-state index >= 15 is 0 Å². The number of hydrogen-bond donors (Lipinski definition) is 4. The molecule has 49 heavy (non-hydrogen) atoms. The molecule has 0 spiro atoms. The average Bonchev–Trinajstić information content (AvgIpc) is 3.52. The second-order valence-electron chi connectivity index (χ2n) is 13.4. The summed E-state index contributed by atoms with van der Waals surface area (Å²) in [6.07, 6.45) is 3.78. The number of allylic oxidation sites excluding steroid dienone is 2. The Balaban J connectivity index is 0.981. The molecule has 0 saturated carbocycles. The van der Waals surface area contributed by atoms with Gasteiger partial charge in [-0.1, -0.05) is 68.0 Å². The highest BCUT2D eigenvalue weighted by Crippen LogP contribution is 2.61. The van der Waals surface area contributed by atoms with Gasteiger partial charge in [0.05, 0.1) is 5.69 Å². The van der Waals surface area contributed by atoms with Crippen molar-refractivity contribution in [2.75, 3.05) is 0 Å². The lowest BCUT2D eigenvalue weighted by atomic mass is 9.70. The van der Waals surface area contributed by atoms with Crippen molar-refractivity contribution in [1.82, 2.24) is 9.13 Å². The zero-order valence-corrected chi connectivity index (χ0v) is 27.5. The molecule has 9 rings (SSSR count). The first kappa shape index (κ1) is 30.3. The van der Waals surface area contributed by atoms with Crippen molar-refractivity contribution >= 4 is 0 Å². The summed E-state index contributed by atoms with van der Waals surface area (Å²) in [4.78, 5) is 0. The number of aromatic nitrogens is 2. The van der Waals surface area contributed by atoms with E-state index in [2.05, 4.69) is 45.0 Å². The SMILES string of the molecule is Cc1ccc(Oc2ccc(C(C)(C)c3ccc(Oc4ccc(-n5c(O)c6c(c5O)C5C=CC6c6c5c(O)n(C)c6O)cc4)cc3)cc2)cc1. The maximum absolute atomic E-state index is 11.4. The second kappa shape index (κ2) is 11.0.